The molecule has 0 saturated heterocycles. The summed E-state index contributed by atoms with van der Waals surface area (Å²) in [6.07, 6.45) is 6.70. The smallest absolute Gasteiger partial charge is 0.328 e. The molecule has 2 aromatic heterocycles. The van der Waals surface area contributed by atoms with Crippen LogP contribution < -0.4 is 0 Å². The molecule has 0 saturated carbocycles. The fraction of sp³-hybridized carbons (Fsp3) is 0.273. The Morgan fingerprint density at radius 1 is 1.23 bits per heavy atom. The van der Waals surface area contributed by atoms with Gasteiger partial charge in [-0.25, -0.2) is 14.6 Å². The number of nitrogens with one attached hydrogen (secondary N) is 1. The normalized spacial score (nSPS) is 15.7. The molecule has 3 aromatic rings. The van der Waals surface area contributed by atoms with Gasteiger partial charge in [0.05, 0.1) is 0 Å². The number of aromatic amines is 1. The summed E-state index contributed by atoms with van der Waals surface area (Å²) in [5.41, 5.74) is 4.27. The second kappa shape index (κ2) is 8.77. The summed E-state index contributed by atoms with van der Waals surface area (Å²) < 4.78 is 2.08. The van der Waals surface area contributed by atoms with E-state index in [1.807, 2.05) is 13.1 Å². The van der Waals surface area contributed by atoms with E-state index in [1.54, 1.807) is 6.20 Å². The number of ketones is 1. The predicted molar refractivity (Wildman–Crippen MR) is 111 cm³/mol. The number of nitrogens with zero attached hydrogens (tertiary/aromatic N) is 2. The predicted octanol–water partition coefficient (Wildman–Crippen LogP) is 3.14. The Morgan fingerprint density at radius 2 is 1.93 bits per heavy atom. The largest absolute Gasteiger partial charge is 0.478 e. The highest BCUT2D eigenvalue weighted by Crippen LogP contribution is 2.33. The zero-order chi connectivity index (χ0) is 21.8. The van der Waals surface area contributed by atoms with Gasteiger partial charge < -0.3 is 19.8 Å². The van der Waals surface area contributed by atoms with E-state index >= 15 is 0 Å². The van der Waals surface area contributed by atoms with E-state index in [4.69, 9.17) is 10.2 Å². The zero-order valence-corrected chi connectivity index (χ0v) is 16.8. The van der Waals surface area contributed by atoms with Gasteiger partial charge in [0.1, 0.15) is 5.82 Å². The highest BCUT2D eigenvalue weighted by Gasteiger charge is 2.31. The molecule has 0 amide bonds. The van der Waals surface area contributed by atoms with Crippen molar-refractivity contribution < 1.29 is 24.6 Å². The van der Waals surface area contributed by atoms with Crippen molar-refractivity contribution in [3.05, 3.63) is 65.4 Å². The lowest BCUT2D eigenvalue weighted by Gasteiger charge is -2.22. The summed E-state index contributed by atoms with van der Waals surface area (Å²) in [4.78, 5) is 39.8. The average Bonchev–Trinajstić information content (AvgIpc) is 3.26. The number of imidazole rings is 1. The fourth-order valence-corrected chi connectivity index (χ4v) is 3.64. The Kier molecular flexibility index (Phi) is 6.15. The molecule has 8 heteroatoms. The van der Waals surface area contributed by atoms with Crippen LogP contribution in [0.15, 0.2) is 42.7 Å². The number of rotatable bonds is 4. The number of aromatic nitrogens is 3. The molecule has 0 bridgehead atoms. The van der Waals surface area contributed by atoms with E-state index in [1.165, 1.54) is 5.56 Å². The van der Waals surface area contributed by atoms with E-state index in [-0.39, 0.29) is 11.7 Å². The van der Waals surface area contributed by atoms with Crippen LogP contribution in [0.4, 0.5) is 0 Å². The Hall–Kier alpha value is -3.68. The third kappa shape index (κ3) is 4.65. The maximum Gasteiger partial charge on any atom is 0.328 e. The number of aryl methyl sites for hydroxylation is 3. The minimum Gasteiger partial charge on any atom is -0.478 e. The van der Waals surface area contributed by atoms with Gasteiger partial charge in [-0.15, -0.1) is 0 Å². The lowest BCUT2D eigenvalue weighted by Crippen LogP contribution is -2.26. The first-order valence-corrected chi connectivity index (χ1v) is 9.53. The van der Waals surface area contributed by atoms with Crippen molar-refractivity contribution in [3.63, 3.8) is 0 Å². The Bertz CT molecular complexity index is 1120. The lowest BCUT2D eigenvalue weighted by atomic mass is 9.85. The molecule has 2 heterocycles. The number of carbonyl (C=O) groups is 3. The number of carboxylic acids is 2. The van der Waals surface area contributed by atoms with E-state index in [2.05, 4.69) is 39.7 Å². The topological polar surface area (TPSA) is 125 Å². The van der Waals surface area contributed by atoms with Gasteiger partial charge in [0.25, 0.3) is 0 Å². The molecule has 0 fully saturated rings. The van der Waals surface area contributed by atoms with Crippen LogP contribution in [-0.4, -0.2) is 42.5 Å². The van der Waals surface area contributed by atoms with E-state index < -0.39 is 11.9 Å². The summed E-state index contributed by atoms with van der Waals surface area (Å²) >= 11 is 0. The maximum atomic E-state index is 13.0. The molecule has 1 atom stereocenters. The van der Waals surface area contributed by atoms with Gasteiger partial charge in [-0.3, -0.25) is 4.79 Å². The molecule has 156 valence electrons. The lowest BCUT2D eigenvalue weighted by molar-refractivity contribution is -0.134. The van der Waals surface area contributed by atoms with Crippen LogP contribution in [0, 0.1) is 19.8 Å². The molecule has 1 unspecified atom stereocenters. The molecule has 0 spiro atoms. The highest BCUT2D eigenvalue weighted by molar-refractivity contribution is 6.11. The van der Waals surface area contributed by atoms with Crippen LogP contribution in [0.3, 0.4) is 0 Å². The highest BCUT2D eigenvalue weighted by atomic mass is 16.4. The van der Waals surface area contributed by atoms with Crippen molar-refractivity contribution in [1.82, 2.24) is 14.5 Å². The number of H-pyrrole nitrogens is 1. The summed E-state index contributed by atoms with van der Waals surface area (Å²) in [5.74, 6) is -1.24. The minimum atomic E-state index is -1.26. The molecule has 0 aliphatic heterocycles. The van der Waals surface area contributed by atoms with E-state index in [9.17, 15) is 14.4 Å². The third-order valence-electron chi connectivity index (χ3n) is 5.10. The average molecular weight is 409 g/mol. The van der Waals surface area contributed by atoms with Gasteiger partial charge in [0, 0.05) is 59.2 Å². The first-order valence-electron chi connectivity index (χ1n) is 9.53. The molecule has 30 heavy (non-hydrogen) atoms. The number of fused-ring (bicyclic) bond motifs is 3. The minimum absolute atomic E-state index is 0.0416. The van der Waals surface area contributed by atoms with Crippen molar-refractivity contribution in [1.29, 1.82) is 0 Å². The second-order valence-electron chi connectivity index (χ2n) is 7.26. The van der Waals surface area contributed by atoms with Crippen LogP contribution in [0.2, 0.25) is 0 Å². The van der Waals surface area contributed by atoms with Crippen LogP contribution in [-0.2, 0) is 22.6 Å². The molecule has 4 rings (SSSR count). The first-order chi connectivity index (χ1) is 14.3. The van der Waals surface area contributed by atoms with Crippen LogP contribution >= 0.6 is 0 Å². The Balaban J connectivity index is 0.000000275. The van der Waals surface area contributed by atoms with Crippen molar-refractivity contribution in [2.75, 3.05) is 0 Å². The van der Waals surface area contributed by atoms with Gasteiger partial charge in [-0.2, -0.15) is 0 Å². The Labute approximate surface area is 172 Å². The summed E-state index contributed by atoms with van der Waals surface area (Å²) in [7, 11) is 0. The second-order valence-corrected chi connectivity index (χ2v) is 7.26. The number of hydrogen-bond acceptors (Lipinski definition) is 4. The SMILES string of the molecule is Cc1ccc2[nH]c3c(c2c1)C(=O)C(Cn1ccnc1C)CC3.O=C(O)C=CC(=O)O. The van der Waals surface area contributed by atoms with Gasteiger partial charge in [0.15, 0.2) is 5.78 Å². The first kappa shape index (κ1) is 21.0. The molecule has 0 radical (unpaired) electrons. The zero-order valence-electron chi connectivity index (χ0n) is 16.8. The van der Waals surface area contributed by atoms with Crippen molar-refractivity contribution >= 4 is 28.6 Å². The molecular formula is C22H23N3O5. The van der Waals surface area contributed by atoms with Crippen molar-refractivity contribution in [2.45, 2.75) is 33.2 Å². The molecule has 3 N–H and O–H groups in total. The van der Waals surface area contributed by atoms with Crippen molar-refractivity contribution in [3.8, 4) is 0 Å². The maximum absolute atomic E-state index is 13.0. The van der Waals surface area contributed by atoms with Gasteiger partial charge in [0.2, 0.25) is 0 Å². The number of carbonyl (C=O) groups excluding carboxylic acids is 1. The number of hydrogen-bond donors (Lipinski definition) is 3. The number of Topliss-reactive ketones (excluding diaryl/α,β-unsaturated/α-hetero) is 1. The third-order valence-corrected chi connectivity index (χ3v) is 5.10. The summed E-state index contributed by atoms with van der Waals surface area (Å²) in [5, 5.41) is 16.7. The molecule has 8 nitrogen and oxygen atoms in total. The van der Waals surface area contributed by atoms with Gasteiger partial charge in [-0.1, -0.05) is 11.6 Å². The molecule has 1 aliphatic carbocycles. The molecular weight excluding hydrogens is 386 g/mol. The summed E-state index contributed by atoms with van der Waals surface area (Å²) in [6.45, 7) is 4.77. The number of benzene rings is 1. The molecule has 1 aliphatic rings. The number of carboxylic acid groups (broad SMARTS) is 2. The van der Waals surface area contributed by atoms with Gasteiger partial charge in [-0.05, 0) is 38.8 Å². The van der Waals surface area contributed by atoms with Crippen LogP contribution in [0.5, 0.6) is 0 Å². The van der Waals surface area contributed by atoms with Crippen molar-refractivity contribution in [2.24, 2.45) is 5.92 Å². The van der Waals surface area contributed by atoms with Crippen LogP contribution in [0.1, 0.15) is 33.9 Å². The Morgan fingerprint density at radius 3 is 2.53 bits per heavy atom. The van der Waals surface area contributed by atoms with Crippen LogP contribution in [0.25, 0.3) is 10.9 Å². The van der Waals surface area contributed by atoms with E-state index in [0.717, 1.165) is 47.4 Å². The van der Waals surface area contributed by atoms with E-state index in [0.29, 0.717) is 12.2 Å². The van der Waals surface area contributed by atoms with Gasteiger partial charge >= 0.3 is 11.9 Å². The number of aliphatic carboxylic acids is 2. The standard InChI is InChI=1S/C18H19N3O.C4H4O4/c1-11-3-5-15-14(9-11)17-16(20-15)6-4-13(18(17)22)10-21-8-7-19-12(21)2;5-3(6)1-2-4(7)8/h3,5,7-9,13,20H,4,6,10H2,1-2H3;1-2H,(H,5,6)(H,7,8). The fourth-order valence-electron chi connectivity index (χ4n) is 3.64. The quantitative estimate of drug-likeness (QED) is 0.569. The monoisotopic (exact) mass is 409 g/mol. The summed E-state index contributed by atoms with van der Waals surface area (Å²) in [6, 6.07) is 6.28. The molecule has 1 aromatic carbocycles.